The van der Waals surface area contributed by atoms with Crippen LogP contribution >= 0.6 is 0 Å². The summed E-state index contributed by atoms with van der Waals surface area (Å²) in [4.78, 5) is 33.3. The van der Waals surface area contributed by atoms with E-state index in [1.54, 1.807) is 34.7 Å². The molecule has 33 heavy (non-hydrogen) atoms. The fourth-order valence-electron chi connectivity index (χ4n) is 4.13. The van der Waals surface area contributed by atoms with E-state index in [9.17, 15) is 9.59 Å². The number of benzene rings is 4. The molecule has 0 aliphatic carbocycles. The minimum absolute atomic E-state index is 0.129. The number of para-hydroxylation sites is 1. The van der Waals surface area contributed by atoms with Crippen molar-refractivity contribution < 1.29 is 4.79 Å². The Morgan fingerprint density at radius 1 is 0.848 bits per heavy atom. The maximum Gasteiger partial charge on any atom is 0.266 e. The highest BCUT2D eigenvalue weighted by atomic mass is 16.2. The minimum atomic E-state index is -0.443. The third kappa shape index (κ3) is 3.68. The number of fused-ring (bicyclic) bond motifs is 2. The van der Waals surface area contributed by atoms with Gasteiger partial charge in [0.05, 0.1) is 22.6 Å². The molecule has 5 heteroatoms. The Balaban J connectivity index is 1.70. The van der Waals surface area contributed by atoms with Gasteiger partial charge in [0.2, 0.25) is 0 Å². The lowest BCUT2D eigenvalue weighted by atomic mass is 10.1. The molecule has 0 spiro atoms. The molecule has 0 saturated carbocycles. The molecular formula is C28H23N3O2. The fraction of sp³-hybridized carbons (Fsp3) is 0.107. The Labute approximate surface area is 191 Å². The predicted molar refractivity (Wildman–Crippen MR) is 132 cm³/mol. The van der Waals surface area contributed by atoms with Gasteiger partial charge in [0, 0.05) is 12.6 Å². The zero-order chi connectivity index (χ0) is 22.9. The van der Waals surface area contributed by atoms with Crippen molar-refractivity contribution >= 4 is 27.6 Å². The number of carbonyl (C=O) groups excluding carboxylic acids is 1. The van der Waals surface area contributed by atoms with E-state index in [4.69, 9.17) is 4.98 Å². The molecule has 1 unspecified atom stereocenters. The molecule has 5 nitrogen and oxygen atoms in total. The summed E-state index contributed by atoms with van der Waals surface area (Å²) in [5, 5.41) is 2.66. The second-order valence-corrected chi connectivity index (χ2v) is 8.12. The van der Waals surface area contributed by atoms with Gasteiger partial charge in [-0.2, -0.15) is 0 Å². The molecule has 0 radical (unpaired) electrons. The van der Waals surface area contributed by atoms with Crippen LogP contribution in [0.25, 0.3) is 27.4 Å². The molecule has 0 bridgehead atoms. The molecule has 162 valence electrons. The molecule has 5 rings (SSSR count). The third-order valence-corrected chi connectivity index (χ3v) is 6.09. The predicted octanol–water partition coefficient (Wildman–Crippen LogP) is 5.37. The van der Waals surface area contributed by atoms with Crippen LogP contribution in [0.4, 0.5) is 0 Å². The summed E-state index contributed by atoms with van der Waals surface area (Å²) in [6.07, 6.45) is 0. The molecule has 1 heterocycles. The minimum Gasteiger partial charge on any atom is -0.332 e. The molecule has 0 fully saturated rings. The quantitative estimate of drug-likeness (QED) is 0.383. The summed E-state index contributed by atoms with van der Waals surface area (Å²) < 4.78 is 1.63. The van der Waals surface area contributed by atoms with Crippen molar-refractivity contribution in [2.75, 3.05) is 7.05 Å². The van der Waals surface area contributed by atoms with E-state index in [2.05, 4.69) is 0 Å². The molecule has 5 aromatic rings. The summed E-state index contributed by atoms with van der Waals surface area (Å²) in [6, 6.07) is 29.9. The number of amides is 1. The number of nitrogens with zero attached hydrogens (tertiary/aromatic N) is 3. The summed E-state index contributed by atoms with van der Waals surface area (Å²) in [7, 11) is 1.74. The Morgan fingerprint density at radius 2 is 1.52 bits per heavy atom. The van der Waals surface area contributed by atoms with Crippen molar-refractivity contribution in [3.63, 3.8) is 0 Å². The molecule has 1 atom stereocenters. The van der Waals surface area contributed by atoms with Crippen LogP contribution in [0.15, 0.2) is 102 Å². The smallest absolute Gasteiger partial charge is 0.266 e. The average molecular weight is 434 g/mol. The molecule has 4 aromatic carbocycles. The van der Waals surface area contributed by atoms with E-state index in [-0.39, 0.29) is 11.5 Å². The van der Waals surface area contributed by atoms with E-state index in [1.165, 1.54) is 0 Å². The Kier molecular flexibility index (Phi) is 5.23. The van der Waals surface area contributed by atoms with Crippen molar-refractivity contribution in [2.24, 2.45) is 0 Å². The van der Waals surface area contributed by atoms with Gasteiger partial charge >= 0.3 is 0 Å². The molecule has 0 aliphatic heterocycles. The number of aromatic nitrogens is 2. The van der Waals surface area contributed by atoms with Crippen molar-refractivity contribution in [1.29, 1.82) is 0 Å². The van der Waals surface area contributed by atoms with Gasteiger partial charge < -0.3 is 4.90 Å². The van der Waals surface area contributed by atoms with Gasteiger partial charge in [0.15, 0.2) is 0 Å². The van der Waals surface area contributed by atoms with Gasteiger partial charge in [-0.05, 0) is 54.1 Å². The first kappa shape index (κ1) is 20.6. The zero-order valence-corrected chi connectivity index (χ0v) is 18.5. The van der Waals surface area contributed by atoms with Gasteiger partial charge in [-0.3, -0.25) is 14.2 Å². The van der Waals surface area contributed by atoms with Crippen LogP contribution < -0.4 is 5.56 Å². The van der Waals surface area contributed by atoms with Crippen LogP contribution in [-0.4, -0.2) is 27.4 Å². The summed E-state index contributed by atoms with van der Waals surface area (Å²) in [5.74, 6) is 0.385. The van der Waals surface area contributed by atoms with Gasteiger partial charge in [0.25, 0.3) is 11.5 Å². The topological polar surface area (TPSA) is 55.2 Å². The first-order valence-corrected chi connectivity index (χ1v) is 10.9. The number of hydrogen-bond donors (Lipinski definition) is 0. The zero-order valence-electron chi connectivity index (χ0n) is 18.5. The van der Waals surface area contributed by atoms with Crippen molar-refractivity contribution in [2.45, 2.75) is 13.0 Å². The second-order valence-electron chi connectivity index (χ2n) is 8.12. The highest BCUT2D eigenvalue weighted by molar-refractivity contribution is 5.94. The van der Waals surface area contributed by atoms with Crippen LogP contribution in [0.5, 0.6) is 0 Å². The lowest BCUT2D eigenvalue weighted by molar-refractivity contribution is 0.0735. The lowest BCUT2D eigenvalue weighted by Gasteiger charge is -2.27. The normalized spacial score (nSPS) is 12.1. The summed E-state index contributed by atoms with van der Waals surface area (Å²) >= 11 is 0. The number of carbonyl (C=O) groups is 1. The molecule has 1 amide bonds. The molecule has 0 aliphatic rings. The summed E-state index contributed by atoms with van der Waals surface area (Å²) in [6.45, 7) is 1.90. The van der Waals surface area contributed by atoms with E-state index >= 15 is 0 Å². The van der Waals surface area contributed by atoms with Gasteiger partial charge in [-0.25, -0.2) is 4.98 Å². The largest absolute Gasteiger partial charge is 0.332 e. The SMILES string of the molecule is CC(c1nc2ccccc2c(=O)n1-c1ccc2ccccc2c1)N(C)C(=O)c1ccccc1. The van der Waals surface area contributed by atoms with Crippen molar-refractivity contribution in [3.8, 4) is 5.69 Å². The first-order chi connectivity index (χ1) is 16.0. The Hall–Kier alpha value is -4.25. The first-order valence-electron chi connectivity index (χ1n) is 10.9. The van der Waals surface area contributed by atoms with E-state index in [1.807, 2.05) is 85.8 Å². The van der Waals surface area contributed by atoms with Crippen LogP contribution in [-0.2, 0) is 0 Å². The van der Waals surface area contributed by atoms with Gasteiger partial charge in [0.1, 0.15) is 5.82 Å². The maximum absolute atomic E-state index is 13.7. The number of rotatable bonds is 4. The lowest BCUT2D eigenvalue weighted by Crippen LogP contribution is -2.34. The highest BCUT2D eigenvalue weighted by Crippen LogP contribution is 2.25. The highest BCUT2D eigenvalue weighted by Gasteiger charge is 2.25. The van der Waals surface area contributed by atoms with Crippen LogP contribution in [0.1, 0.15) is 29.1 Å². The van der Waals surface area contributed by atoms with E-state index in [0.29, 0.717) is 22.3 Å². The molecule has 1 aromatic heterocycles. The Bertz CT molecular complexity index is 1540. The van der Waals surface area contributed by atoms with Crippen molar-refractivity contribution in [1.82, 2.24) is 14.5 Å². The average Bonchev–Trinajstić information content (AvgIpc) is 2.87. The van der Waals surface area contributed by atoms with Crippen LogP contribution in [0.2, 0.25) is 0 Å². The van der Waals surface area contributed by atoms with E-state index in [0.717, 1.165) is 16.5 Å². The third-order valence-electron chi connectivity index (χ3n) is 6.09. The molecule has 0 N–H and O–H groups in total. The maximum atomic E-state index is 13.7. The molecule has 0 saturated heterocycles. The number of hydrogen-bond acceptors (Lipinski definition) is 3. The van der Waals surface area contributed by atoms with Gasteiger partial charge in [-0.1, -0.05) is 60.7 Å². The fourth-order valence-corrected chi connectivity index (χ4v) is 4.13. The standard InChI is InChI=1S/C28H23N3O2/c1-19(30(2)27(32)21-11-4-3-5-12-21)26-29-25-15-9-8-14-24(25)28(33)31(26)23-17-16-20-10-6-7-13-22(20)18-23/h3-19H,1-2H3. The monoisotopic (exact) mass is 433 g/mol. The second kappa shape index (κ2) is 8.36. The molecular weight excluding hydrogens is 410 g/mol. The Morgan fingerprint density at radius 3 is 2.30 bits per heavy atom. The van der Waals surface area contributed by atoms with Crippen LogP contribution in [0.3, 0.4) is 0 Å². The summed E-state index contributed by atoms with van der Waals surface area (Å²) in [5.41, 5.74) is 1.77. The van der Waals surface area contributed by atoms with E-state index < -0.39 is 6.04 Å². The van der Waals surface area contributed by atoms with Gasteiger partial charge in [-0.15, -0.1) is 0 Å². The van der Waals surface area contributed by atoms with Crippen LogP contribution in [0, 0.1) is 0 Å². The van der Waals surface area contributed by atoms with Crippen molar-refractivity contribution in [3.05, 3.63) is 119 Å².